The maximum atomic E-state index is 13.6. The molecular weight excluding hydrogens is 626 g/mol. The average Bonchev–Trinajstić information content (AvgIpc) is 3.63. The van der Waals surface area contributed by atoms with Crippen molar-refractivity contribution < 1.29 is 33.4 Å². The minimum absolute atomic E-state index is 0.00221. The van der Waals surface area contributed by atoms with Gasteiger partial charge in [-0.1, -0.05) is 41.0 Å². The standard InChI is InChI=1S/C37H49N5O7/c1-8-9-16-40(33(44)22-42-32-20-28(48-7)13-15-30(32)35(39-42)37(46)25(4)5)17-10-11-18-49-23-26(43)21-41-31-19-27(47-6)12-14-29(31)34(38-41)36(45)24(2)3/h12-15,19-20,24-25H,8-11,16-18,21-23H2,1-7H3. The van der Waals surface area contributed by atoms with Crippen LogP contribution in [0.1, 0.15) is 81.3 Å². The number of methoxy groups -OCH3 is 2. The average molecular weight is 676 g/mol. The summed E-state index contributed by atoms with van der Waals surface area (Å²) >= 11 is 0. The van der Waals surface area contributed by atoms with Crippen LogP contribution in [0.5, 0.6) is 11.5 Å². The molecule has 4 aromatic rings. The van der Waals surface area contributed by atoms with Gasteiger partial charge in [0.15, 0.2) is 17.3 Å². The number of benzene rings is 2. The second-order valence-corrected chi connectivity index (χ2v) is 12.8. The third-order valence-electron chi connectivity index (χ3n) is 8.41. The summed E-state index contributed by atoms with van der Waals surface area (Å²) < 4.78 is 19.6. The highest BCUT2D eigenvalue weighted by atomic mass is 16.5. The van der Waals surface area contributed by atoms with Gasteiger partial charge in [0.1, 0.15) is 42.6 Å². The normalized spacial score (nSPS) is 11.5. The summed E-state index contributed by atoms with van der Waals surface area (Å²) in [5.41, 5.74) is 2.03. The molecule has 2 heterocycles. The first kappa shape index (κ1) is 37.2. The molecule has 0 radical (unpaired) electrons. The molecule has 0 spiro atoms. The predicted molar refractivity (Wildman–Crippen MR) is 187 cm³/mol. The van der Waals surface area contributed by atoms with E-state index < -0.39 is 0 Å². The first-order valence-electron chi connectivity index (χ1n) is 17.0. The number of unbranched alkanes of at least 4 members (excludes halogenated alkanes) is 2. The molecule has 2 aromatic heterocycles. The SMILES string of the molecule is CCCCN(CCCCOCC(=O)Cn1nc(C(=O)C(C)C)c2ccc(OC)cc21)C(=O)Cn1nc(C(=O)C(C)C)c2ccc(OC)cc21. The largest absolute Gasteiger partial charge is 0.497 e. The summed E-state index contributed by atoms with van der Waals surface area (Å²) in [5, 5.41) is 10.4. The van der Waals surface area contributed by atoms with Crippen molar-refractivity contribution in [2.75, 3.05) is 40.5 Å². The van der Waals surface area contributed by atoms with Gasteiger partial charge in [0.25, 0.3) is 0 Å². The Kier molecular flexibility index (Phi) is 13.1. The van der Waals surface area contributed by atoms with Crippen molar-refractivity contribution in [3.63, 3.8) is 0 Å². The number of Topliss-reactive ketones (excluding diaryl/α,β-unsaturated/α-hetero) is 3. The lowest BCUT2D eigenvalue weighted by molar-refractivity contribution is -0.132. The number of carbonyl (C=O) groups is 4. The zero-order valence-corrected chi connectivity index (χ0v) is 29.8. The molecule has 0 saturated heterocycles. The van der Waals surface area contributed by atoms with Crippen LogP contribution in [-0.4, -0.2) is 88.2 Å². The number of fused-ring (bicyclic) bond motifs is 2. The third-order valence-corrected chi connectivity index (χ3v) is 8.41. The van der Waals surface area contributed by atoms with Crippen molar-refractivity contribution in [1.82, 2.24) is 24.5 Å². The number of carbonyl (C=O) groups excluding carboxylic acids is 4. The molecule has 1 amide bonds. The van der Waals surface area contributed by atoms with E-state index in [0.29, 0.717) is 77.2 Å². The van der Waals surface area contributed by atoms with E-state index in [9.17, 15) is 19.2 Å². The van der Waals surface area contributed by atoms with Crippen molar-refractivity contribution in [3.8, 4) is 11.5 Å². The molecule has 0 aliphatic rings. The van der Waals surface area contributed by atoms with Gasteiger partial charge < -0.3 is 19.1 Å². The number of ether oxygens (including phenoxy) is 3. The van der Waals surface area contributed by atoms with Gasteiger partial charge in [-0.25, -0.2) is 0 Å². The highest BCUT2D eigenvalue weighted by Gasteiger charge is 2.24. The Bertz CT molecular complexity index is 1790. The molecule has 0 bridgehead atoms. The van der Waals surface area contributed by atoms with Gasteiger partial charge in [-0.15, -0.1) is 0 Å². The molecule has 2 aromatic carbocycles. The van der Waals surface area contributed by atoms with Gasteiger partial charge in [-0.3, -0.25) is 28.5 Å². The van der Waals surface area contributed by atoms with Gasteiger partial charge in [0, 0.05) is 54.4 Å². The zero-order valence-electron chi connectivity index (χ0n) is 29.8. The Labute approximate surface area is 287 Å². The molecule has 0 aliphatic heterocycles. The molecule has 12 nitrogen and oxygen atoms in total. The van der Waals surface area contributed by atoms with Crippen LogP contribution in [0.25, 0.3) is 21.8 Å². The molecule has 0 unspecified atom stereocenters. The number of nitrogens with zero attached hydrogens (tertiary/aromatic N) is 5. The van der Waals surface area contributed by atoms with Crippen LogP contribution in [0.3, 0.4) is 0 Å². The maximum Gasteiger partial charge on any atom is 0.244 e. The maximum absolute atomic E-state index is 13.6. The van der Waals surface area contributed by atoms with Gasteiger partial charge in [0.2, 0.25) is 5.91 Å². The Morgan fingerprint density at radius 2 is 1.24 bits per heavy atom. The fourth-order valence-corrected chi connectivity index (χ4v) is 5.56. The fraction of sp³-hybridized carbons (Fsp3) is 0.514. The molecule has 4 rings (SSSR count). The second-order valence-electron chi connectivity index (χ2n) is 12.8. The number of hydrogen-bond donors (Lipinski definition) is 0. The molecule has 12 heteroatoms. The molecule has 0 N–H and O–H groups in total. The number of aromatic nitrogens is 4. The summed E-state index contributed by atoms with van der Waals surface area (Å²) in [7, 11) is 3.14. The monoisotopic (exact) mass is 675 g/mol. The van der Waals surface area contributed by atoms with E-state index in [-0.39, 0.29) is 54.8 Å². The van der Waals surface area contributed by atoms with Crippen LogP contribution in [0.15, 0.2) is 36.4 Å². The van der Waals surface area contributed by atoms with E-state index in [1.165, 1.54) is 4.68 Å². The van der Waals surface area contributed by atoms with Gasteiger partial charge >= 0.3 is 0 Å². The number of hydrogen-bond acceptors (Lipinski definition) is 9. The third kappa shape index (κ3) is 9.11. The van der Waals surface area contributed by atoms with Crippen LogP contribution < -0.4 is 9.47 Å². The van der Waals surface area contributed by atoms with E-state index in [0.717, 1.165) is 12.8 Å². The highest BCUT2D eigenvalue weighted by molar-refractivity contribution is 6.08. The lowest BCUT2D eigenvalue weighted by Gasteiger charge is -2.23. The summed E-state index contributed by atoms with van der Waals surface area (Å²) in [4.78, 5) is 54.0. The van der Waals surface area contributed by atoms with Crippen LogP contribution in [0.4, 0.5) is 0 Å². The fourth-order valence-electron chi connectivity index (χ4n) is 5.56. The number of rotatable bonds is 20. The Balaban J connectivity index is 1.33. The first-order valence-corrected chi connectivity index (χ1v) is 17.0. The van der Waals surface area contributed by atoms with E-state index in [1.54, 1.807) is 49.2 Å². The Morgan fingerprint density at radius 1 is 0.735 bits per heavy atom. The molecule has 0 fully saturated rings. The second kappa shape index (κ2) is 17.2. The molecule has 49 heavy (non-hydrogen) atoms. The quantitative estimate of drug-likeness (QED) is 0.0845. The predicted octanol–water partition coefficient (Wildman–Crippen LogP) is 5.78. The van der Waals surface area contributed by atoms with E-state index in [1.807, 2.05) is 38.7 Å². The van der Waals surface area contributed by atoms with Crippen molar-refractivity contribution >= 4 is 45.1 Å². The Morgan fingerprint density at radius 3 is 1.73 bits per heavy atom. The zero-order chi connectivity index (χ0) is 35.7. The minimum atomic E-state index is -0.233. The van der Waals surface area contributed by atoms with Crippen molar-refractivity contribution in [3.05, 3.63) is 47.8 Å². The lowest BCUT2D eigenvalue weighted by atomic mass is 10.0. The molecule has 0 aliphatic carbocycles. The summed E-state index contributed by atoms with van der Waals surface area (Å²) in [6, 6.07) is 10.8. The molecular formula is C37H49N5O7. The van der Waals surface area contributed by atoms with Crippen molar-refractivity contribution in [2.45, 2.75) is 73.4 Å². The lowest BCUT2D eigenvalue weighted by Crippen LogP contribution is -2.36. The minimum Gasteiger partial charge on any atom is -0.497 e. The van der Waals surface area contributed by atoms with E-state index in [4.69, 9.17) is 14.2 Å². The topological polar surface area (TPSA) is 135 Å². The molecule has 264 valence electrons. The molecule has 0 saturated carbocycles. The van der Waals surface area contributed by atoms with E-state index in [2.05, 4.69) is 17.1 Å². The van der Waals surface area contributed by atoms with Crippen molar-refractivity contribution in [2.24, 2.45) is 11.8 Å². The van der Waals surface area contributed by atoms with Crippen LogP contribution in [0, 0.1) is 11.8 Å². The van der Waals surface area contributed by atoms with Crippen LogP contribution in [0.2, 0.25) is 0 Å². The van der Waals surface area contributed by atoms with Crippen LogP contribution in [-0.2, 0) is 27.4 Å². The van der Waals surface area contributed by atoms with E-state index >= 15 is 0 Å². The van der Waals surface area contributed by atoms with Crippen LogP contribution >= 0.6 is 0 Å². The summed E-state index contributed by atoms with van der Waals surface area (Å²) in [6.07, 6.45) is 3.15. The smallest absolute Gasteiger partial charge is 0.244 e. The number of amides is 1. The Hall–Kier alpha value is -4.58. The molecule has 0 atom stereocenters. The van der Waals surface area contributed by atoms with Gasteiger partial charge in [0.05, 0.1) is 25.3 Å². The summed E-state index contributed by atoms with van der Waals surface area (Å²) in [5.74, 6) is 0.342. The number of ketones is 3. The summed E-state index contributed by atoms with van der Waals surface area (Å²) in [6.45, 7) is 10.8. The van der Waals surface area contributed by atoms with Gasteiger partial charge in [-0.05, 0) is 43.5 Å². The van der Waals surface area contributed by atoms with Crippen molar-refractivity contribution in [1.29, 1.82) is 0 Å². The first-order chi connectivity index (χ1) is 23.5. The highest BCUT2D eigenvalue weighted by Crippen LogP contribution is 2.27. The van der Waals surface area contributed by atoms with Gasteiger partial charge in [-0.2, -0.15) is 10.2 Å².